The van der Waals surface area contributed by atoms with Gasteiger partial charge < -0.3 is 15.4 Å². The van der Waals surface area contributed by atoms with Crippen LogP contribution in [0.15, 0.2) is 28.8 Å². The van der Waals surface area contributed by atoms with Gasteiger partial charge in [-0.15, -0.1) is 0 Å². The van der Waals surface area contributed by atoms with Gasteiger partial charge in [0.2, 0.25) is 11.7 Å². The van der Waals surface area contributed by atoms with Crippen molar-refractivity contribution in [2.75, 3.05) is 0 Å². The highest BCUT2D eigenvalue weighted by molar-refractivity contribution is 5.54. The van der Waals surface area contributed by atoms with Crippen LogP contribution in [0.1, 0.15) is 25.3 Å². The van der Waals surface area contributed by atoms with E-state index in [0.29, 0.717) is 18.1 Å². The molecule has 0 unspecified atom stereocenters. The minimum Gasteiger partial charge on any atom is -0.390 e. The Morgan fingerprint density at radius 2 is 1.94 bits per heavy atom. The molecule has 0 spiro atoms. The highest BCUT2D eigenvalue weighted by Gasteiger charge is 2.13. The first kappa shape index (κ1) is 12.7. The molecule has 18 heavy (non-hydrogen) atoms. The van der Waals surface area contributed by atoms with Crippen molar-refractivity contribution in [1.29, 1.82) is 0 Å². The standard InChI is InChI=1S/C13H17N3O2/c1-13(2,17)7-9-3-5-10(6-4-9)12-15-11(8-14)18-16-12/h3-6,17H,7-8,14H2,1-2H3. The zero-order valence-corrected chi connectivity index (χ0v) is 10.6. The van der Waals surface area contributed by atoms with Crippen LogP contribution in [0.25, 0.3) is 11.4 Å². The number of nitrogens with zero attached hydrogens (tertiary/aromatic N) is 2. The van der Waals surface area contributed by atoms with Gasteiger partial charge in [-0.2, -0.15) is 4.98 Å². The number of rotatable bonds is 4. The van der Waals surface area contributed by atoms with Crippen molar-refractivity contribution in [3.63, 3.8) is 0 Å². The largest absolute Gasteiger partial charge is 0.390 e. The Balaban J connectivity index is 2.17. The van der Waals surface area contributed by atoms with Gasteiger partial charge in [-0.05, 0) is 19.4 Å². The fourth-order valence-corrected chi connectivity index (χ4v) is 1.73. The normalized spacial score (nSPS) is 11.8. The highest BCUT2D eigenvalue weighted by Crippen LogP contribution is 2.19. The third-order valence-electron chi connectivity index (χ3n) is 2.49. The zero-order chi connectivity index (χ0) is 13.2. The number of benzene rings is 1. The first-order valence-corrected chi connectivity index (χ1v) is 5.82. The monoisotopic (exact) mass is 247 g/mol. The maximum absolute atomic E-state index is 9.74. The van der Waals surface area contributed by atoms with E-state index in [2.05, 4.69) is 10.1 Å². The van der Waals surface area contributed by atoms with Crippen molar-refractivity contribution >= 4 is 0 Å². The SMILES string of the molecule is CC(C)(O)Cc1ccc(-c2noc(CN)n2)cc1. The summed E-state index contributed by atoms with van der Waals surface area (Å²) in [5.41, 5.74) is 6.64. The summed E-state index contributed by atoms with van der Waals surface area (Å²) >= 11 is 0. The molecule has 5 nitrogen and oxygen atoms in total. The third kappa shape index (κ3) is 3.15. The van der Waals surface area contributed by atoms with Crippen LogP contribution in [0.4, 0.5) is 0 Å². The molecule has 0 saturated carbocycles. The number of nitrogens with two attached hydrogens (primary N) is 1. The van der Waals surface area contributed by atoms with Gasteiger partial charge in [0.05, 0.1) is 12.1 Å². The van der Waals surface area contributed by atoms with Gasteiger partial charge in [0.25, 0.3) is 0 Å². The van der Waals surface area contributed by atoms with Crippen LogP contribution in [0.5, 0.6) is 0 Å². The predicted octanol–water partition coefficient (Wildman–Crippen LogP) is 1.51. The van der Waals surface area contributed by atoms with Gasteiger partial charge in [0, 0.05) is 12.0 Å². The second kappa shape index (κ2) is 4.88. The molecule has 0 aliphatic rings. The van der Waals surface area contributed by atoms with Crippen LogP contribution in [0.2, 0.25) is 0 Å². The Hall–Kier alpha value is -1.72. The van der Waals surface area contributed by atoms with Crippen molar-refractivity contribution in [3.8, 4) is 11.4 Å². The Morgan fingerprint density at radius 3 is 2.44 bits per heavy atom. The lowest BCUT2D eigenvalue weighted by Gasteiger charge is -2.16. The number of aromatic nitrogens is 2. The zero-order valence-electron chi connectivity index (χ0n) is 10.6. The molecule has 1 aromatic heterocycles. The second-order valence-corrected chi connectivity index (χ2v) is 4.90. The van der Waals surface area contributed by atoms with Crippen LogP contribution in [0, 0.1) is 0 Å². The Morgan fingerprint density at radius 1 is 1.28 bits per heavy atom. The summed E-state index contributed by atoms with van der Waals surface area (Å²) in [6.45, 7) is 3.81. The minimum absolute atomic E-state index is 0.240. The number of hydrogen-bond acceptors (Lipinski definition) is 5. The first-order chi connectivity index (χ1) is 8.48. The summed E-state index contributed by atoms with van der Waals surface area (Å²) in [6.07, 6.45) is 0.605. The average Bonchev–Trinajstić information content (AvgIpc) is 2.76. The summed E-state index contributed by atoms with van der Waals surface area (Å²) in [4.78, 5) is 4.15. The molecular formula is C13H17N3O2. The summed E-state index contributed by atoms with van der Waals surface area (Å²) in [5.74, 6) is 0.954. The fraction of sp³-hybridized carbons (Fsp3) is 0.385. The van der Waals surface area contributed by atoms with Gasteiger partial charge in [0.1, 0.15) is 0 Å². The Labute approximate surface area is 106 Å². The van der Waals surface area contributed by atoms with E-state index in [1.54, 1.807) is 13.8 Å². The Kier molecular flexibility index (Phi) is 3.45. The maximum atomic E-state index is 9.74. The van der Waals surface area contributed by atoms with E-state index in [1.165, 1.54) is 0 Å². The Bertz CT molecular complexity index is 512. The molecule has 0 fully saturated rings. The van der Waals surface area contributed by atoms with Gasteiger partial charge in [-0.1, -0.05) is 29.4 Å². The van der Waals surface area contributed by atoms with E-state index >= 15 is 0 Å². The number of aliphatic hydroxyl groups is 1. The molecule has 0 atom stereocenters. The molecular weight excluding hydrogens is 230 g/mol. The molecule has 0 amide bonds. The first-order valence-electron chi connectivity index (χ1n) is 5.82. The lowest BCUT2D eigenvalue weighted by Crippen LogP contribution is -2.21. The summed E-state index contributed by atoms with van der Waals surface area (Å²) in [5, 5.41) is 13.6. The van der Waals surface area contributed by atoms with Crippen molar-refractivity contribution in [3.05, 3.63) is 35.7 Å². The second-order valence-electron chi connectivity index (χ2n) is 4.90. The van der Waals surface area contributed by atoms with Crippen LogP contribution in [0.3, 0.4) is 0 Å². The predicted molar refractivity (Wildman–Crippen MR) is 67.6 cm³/mol. The smallest absolute Gasteiger partial charge is 0.240 e. The van der Waals surface area contributed by atoms with E-state index in [-0.39, 0.29) is 6.54 Å². The molecule has 5 heteroatoms. The quantitative estimate of drug-likeness (QED) is 0.855. The van der Waals surface area contributed by atoms with Crippen LogP contribution < -0.4 is 5.73 Å². The summed E-state index contributed by atoms with van der Waals surface area (Å²) in [6, 6.07) is 7.72. The lowest BCUT2D eigenvalue weighted by molar-refractivity contribution is 0.0810. The van der Waals surface area contributed by atoms with Crippen LogP contribution in [-0.2, 0) is 13.0 Å². The van der Waals surface area contributed by atoms with E-state index in [9.17, 15) is 5.11 Å². The molecule has 3 N–H and O–H groups in total. The van der Waals surface area contributed by atoms with Crippen LogP contribution >= 0.6 is 0 Å². The maximum Gasteiger partial charge on any atom is 0.240 e. The molecule has 0 bridgehead atoms. The molecule has 0 aliphatic carbocycles. The van der Waals surface area contributed by atoms with Gasteiger partial charge >= 0.3 is 0 Å². The molecule has 0 aliphatic heterocycles. The lowest BCUT2D eigenvalue weighted by atomic mass is 9.98. The van der Waals surface area contributed by atoms with E-state index < -0.39 is 5.60 Å². The van der Waals surface area contributed by atoms with Gasteiger partial charge in [-0.3, -0.25) is 0 Å². The van der Waals surface area contributed by atoms with Crippen molar-refractivity contribution in [1.82, 2.24) is 10.1 Å². The summed E-state index contributed by atoms with van der Waals surface area (Å²) < 4.78 is 4.95. The van der Waals surface area contributed by atoms with E-state index in [0.717, 1.165) is 11.1 Å². The van der Waals surface area contributed by atoms with Crippen LogP contribution in [-0.4, -0.2) is 20.8 Å². The summed E-state index contributed by atoms with van der Waals surface area (Å²) in [7, 11) is 0. The molecule has 2 rings (SSSR count). The number of hydrogen-bond donors (Lipinski definition) is 2. The highest BCUT2D eigenvalue weighted by atomic mass is 16.5. The minimum atomic E-state index is -0.708. The van der Waals surface area contributed by atoms with Gasteiger partial charge in [0.15, 0.2) is 0 Å². The van der Waals surface area contributed by atoms with Crippen molar-refractivity contribution in [2.24, 2.45) is 5.73 Å². The van der Waals surface area contributed by atoms with E-state index in [1.807, 2.05) is 24.3 Å². The van der Waals surface area contributed by atoms with E-state index in [4.69, 9.17) is 10.3 Å². The average molecular weight is 247 g/mol. The molecule has 2 aromatic rings. The van der Waals surface area contributed by atoms with Crippen molar-refractivity contribution < 1.29 is 9.63 Å². The van der Waals surface area contributed by atoms with Gasteiger partial charge in [-0.25, -0.2) is 0 Å². The fourth-order valence-electron chi connectivity index (χ4n) is 1.73. The molecule has 0 radical (unpaired) electrons. The molecule has 96 valence electrons. The van der Waals surface area contributed by atoms with Crippen molar-refractivity contribution in [2.45, 2.75) is 32.4 Å². The third-order valence-corrected chi connectivity index (χ3v) is 2.49. The molecule has 1 aromatic carbocycles. The molecule has 1 heterocycles. The molecule has 0 saturated heterocycles. The topological polar surface area (TPSA) is 85.2 Å².